The molecule has 5 nitrogen and oxygen atoms in total. The molecule has 0 heterocycles. The third kappa shape index (κ3) is 6.02. The molecule has 24 heavy (non-hydrogen) atoms. The Hall–Kier alpha value is -2.37. The van der Waals surface area contributed by atoms with E-state index >= 15 is 0 Å². The number of carbonyl (C=O) groups is 1. The van der Waals surface area contributed by atoms with Crippen LogP contribution in [0.1, 0.15) is 11.1 Å². The number of benzene rings is 2. The number of nitrogens with two attached hydrogens (primary N) is 1. The Bertz CT molecular complexity index is 646. The van der Waals surface area contributed by atoms with Crippen LogP contribution in [-0.4, -0.2) is 36.3 Å². The quantitative estimate of drug-likeness (QED) is 0.684. The first-order valence-corrected chi connectivity index (χ1v) is 7.99. The van der Waals surface area contributed by atoms with E-state index in [2.05, 4.69) is 5.32 Å². The van der Waals surface area contributed by atoms with Gasteiger partial charge in [-0.1, -0.05) is 42.5 Å². The van der Waals surface area contributed by atoms with Crippen molar-refractivity contribution in [1.82, 2.24) is 5.32 Å². The molecule has 0 aliphatic rings. The van der Waals surface area contributed by atoms with Gasteiger partial charge >= 0.3 is 0 Å². The number of rotatable bonds is 8. The van der Waals surface area contributed by atoms with E-state index in [9.17, 15) is 9.90 Å². The van der Waals surface area contributed by atoms with Crippen molar-refractivity contribution in [2.75, 3.05) is 13.2 Å². The lowest BCUT2D eigenvalue weighted by Gasteiger charge is -2.16. The zero-order valence-electron chi connectivity index (χ0n) is 13.8. The molecule has 0 spiro atoms. The smallest absolute Gasteiger partial charge is 0.237 e. The van der Waals surface area contributed by atoms with Gasteiger partial charge in [0.25, 0.3) is 0 Å². The molecule has 1 amide bonds. The number of hydrogen-bond acceptors (Lipinski definition) is 4. The first-order valence-electron chi connectivity index (χ1n) is 7.99. The summed E-state index contributed by atoms with van der Waals surface area (Å²) >= 11 is 0. The van der Waals surface area contributed by atoms with E-state index in [1.54, 1.807) is 0 Å². The molecule has 0 radical (unpaired) electrons. The van der Waals surface area contributed by atoms with Gasteiger partial charge in [-0.25, -0.2) is 0 Å². The summed E-state index contributed by atoms with van der Waals surface area (Å²) in [6.07, 6.45) is -0.332. The second kappa shape index (κ2) is 9.05. The van der Waals surface area contributed by atoms with E-state index in [1.807, 2.05) is 61.5 Å². The zero-order chi connectivity index (χ0) is 17.4. The highest BCUT2D eigenvalue weighted by atomic mass is 16.5. The van der Waals surface area contributed by atoms with Crippen LogP contribution in [0.2, 0.25) is 0 Å². The number of aryl methyl sites for hydroxylation is 1. The Morgan fingerprint density at radius 1 is 1.21 bits per heavy atom. The molecule has 2 rings (SSSR count). The number of aliphatic hydroxyl groups excluding tert-OH is 1. The Labute approximate surface area is 142 Å². The molecular weight excluding hydrogens is 304 g/mol. The molecule has 0 aliphatic heterocycles. The summed E-state index contributed by atoms with van der Waals surface area (Å²) in [6, 6.07) is 16.5. The Balaban J connectivity index is 1.70. The van der Waals surface area contributed by atoms with Crippen molar-refractivity contribution in [2.24, 2.45) is 5.73 Å². The predicted octanol–water partition coefficient (Wildman–Crippen LogP) is 1.42. The highest BCUT2D eigenvalue weighted by molar-refractivity contribution is 5.81. The highest BCUT2D eigenvalue weighted by Gasteiger charge is 2.15. The van der Waals surface area contributed by atoms with E-state index in [-0.39, 0.29) is 19.1 Å². The molecule has 0 fully saturated rings. The minimum atomic E-state index is -0.793. The van der Waals surface area contributed by atoms with Gasteiger partial charge in [-0.05, 0) is 36.6 Å². The molecule has 2 aromatic carbocycles. The number of carbonyl (C=O) groups excluding carboxylic acids is 1. The van der Waals surface area contributed by atoms with Gasteiger partial charge < -0.3 is 20.9 Å². The summed E-state index contributed by atoms with van der Waals surface area (Å²) in [5.74, 6) is 0.412. The molecule has 0 bridgehead atoms. The summed E-state index contributed by atoms with van der Waals surface area (Å²) < 4.78 is 5.50. The van der Waals surface area contributed by atoms with E-state index < -0.39 is 12.1 Å². The van der Waals surface area contributed by atoms with Crippen LogP contribution in [0.5, 0.6) is 5.75 Å². The molecule has 0 saturated heterocycles. The average molecular weight is 328 g/mol. The van der Waals surface area contributed by atoms with Gasteiger partial charge in [0.2, 0.25) is 5.91 Å². The minimum Gasteiger partial charge on any atom is -0.491 e. The van der Waals surface area contributed by atoms with Crippen LogP contribution in [0.15, 0.2) is 54.6 Å². The third-order valence-electron chi connectivity index (χ3n) is 3.58. The average Bonchev–Trinajstić information content (AvgIpc) is 2.58. The lowest BCUT2D eigenvalue weighted by Crippen LogP contribution is -2.45. The minimum absolute atomic E-state index is 0.104. The summed E-state index contributed by atoms with van der Waals surface area (Å²) in [5, 5.41) is 12.6. The lowest BCUT2D eigenvalue weighted by molar-refractivity contribution is -0.122. The maximum absolute atomic E-state index is 12.0. The molecule has 4 N–H and O–H groups in total. The Kier molecular flexibility index (Phi) is 6.78. The molecule has 0 aromatic heterocycles. The van der Waals surface area contributed by atoms with Gasteiger partial charge in [0.1, 0.15) is 18.5 Å². The number of aliphatic hydroxyl groups is 1. The van der Waals surface area contributed by atoms with Crippen LogP contribution in [-0.2, 0) is 11.2 Å². The fourth-order valence-corrected chi connectivity index (χ4v) is 2.27. The van der Waals surface area contributed by atoms with Crippen molar-refractivity contribution in [1.29, 1.82) is 0 Å². The number of ether oxygens (including phenoxy) is 1. The molecule has 5 heteroatoms. The van der Waals surface area contributed by atoms with E-state index in [1.165, 1.54) is 0 Å². The fraction of sp³-hybridized carbons (Fsp3) is 0.316. The summed E-state index contributed by atoms with van der Waals surface area (Å²) in [4.78, 5) is 12.0. The van der Waals surface area contributed by atoms with Crippen LogP contribution >= 0.6 is 0 Å². The standard InChI is InChI=1S/C19H24N2O3/c1-14-6-5-9-17(10-14)24-13-16(22)12-21-19(23)18(20)11-15-7-3-2-4-8-15/h2-10,16,18,22H,11-13,20H2,1H3,(H,21,23)/t16?,18-/m0/s1. The predicted molar refractivity (Wildman–Crippen MR) is 93.8 cm³/mol. The van der Waals surface area contributed by atoms with Crippen LogP contribution < -0.4 is 15.8 Å². The molecule has 2 aromatic rings. The topological polar surface area (TPSA) is 84.6 Å². The molecule has 128 valence electrons. The van der Waals surface area contributed by atoms with Crippen molar-refractivity contribution in [2.45, 2.75) is 25.5 Å². The summed E-state index contributed by atoms with van der Waals surface area (Å²) in [6.45, 7) is 2.18. The van der Waals surface area contributed by atoms with Crippen molar-refractivity contribution in [3.63, 3.8) is 0 Å². The van der Waals surface area contributed by atoms with Crippen molar-refractivity contribution in [3.8, 4) is 5.75 Å². The maximum atomic E-state index is 12.0. The van der Waals surface area contributed by atoms with E-state index in [4.69, 9.17) is 10.5 Å². The maximum Gasteiger partial charge on any atom is 0.237 e. The second-order valence-electron chi connectivity index (χ2n) is 5.82. The lowest BCUT2D eigenvalue weighted by atomic mass is 10.1. The van der Waals surface area contributed by atoms with Gasteiger partial charge in [-0.3, -0.25) is 4.79 Å². The van der Waals surface area contributed by atoms with E-state index in [0.717, 1.165) is 11.1 Å². The Morgan fingerprint density at radius 3 is 2.67 bits per heavy atom. The van der Waals surface area contributed by atoms with Gasteiger partial charge in [-0.2, -0.15) is 0 Å². The molecule has 0 saturated carbocycles. The molecule has 1 unspecified atom stereocenters. The number of amides is 1. The largest absolute Gasteiger partial charge is 0.491 e. The van der Waals surface area contributed by atoms with Crippen molar-refractivity contribution >= 4 is 5.91 Å². The van der Waals surface area contributed by atoms with Gasteiger partial charge in [0.15, 0.2) is 0 Å². The van der Waals surface area contributed by atoms with Gasteiger partial charge in [0, 0.05) is 6.54 Å². The Morgan fingerprint density at radius 2 is 1.96 bits per heavy atom. The van der Waals surface area contributed by atoms with Gasteiger partial charge in [0.05, 0.1) is 6.04 Å². The first kappa shape index (κ1) is 18.0. The number of hydrogen-bond donors (Lipinski definition) is 3. The van der Waals surface area contributed by atoms with Crippen molar-refractivity contribution in [3.05, 3.63) is 65.7 Å². The molecule has 0 aliphatic carbocycles. The van der Waals surface area contributed by atoms with Crippen molar-refractivity contribution < 1.29 is 14.6 Å². The van der Waals surface area contributed by atoms with Crippen LogP contribution in [0.4, 0.5) is 0 Å². The number of nitrogens with one attached hydrogen (secondary N) is 1. The third-order valence-corrected chi connectivity index (χ3v) is 3.58. The SMILES string of the molecule is Cc1cccc(OCC(O)CNC(=O)[C@@H](N)Cc2ccccc2)c1. The van der Waals surface area contributed by atoms with E-state index in [0.29, 0.717) is 12.2 Å². The molecule has 2 atom stereocenters. The molecular formula is C19H24N2O3. The van der Waals surface area contributed by atoms with Gasteiger partial charge in [-0.15, -0.1) is 0 Å². The summed E-state index contributed by atoms with van der Waals surface area (Å²) in [7, 11) is 0. The highest BCUT2D eigenvalue weighted by Crippen LogP contribution is 2.12. The zero-order valence-corrected chi connectivity index (χ0v) is 13.8. The normalized spacial score (nSPS) is 13.1. The van der Waals surface area contributed by atoms with Crippen LogP contribution in [0.25, 0.3) is 0 Å². The van der Waals surface area contributed by atoms with Crippen LogP contribution in [0, 0.1) is 6.92 Å². The summed E-state index contributed by atoms with van der Waals surface area (Å²) in [5.41, 5.74) is 7.98. The van der Waals surface area contributed by atoms with Crippen LogP contribution in [0.3, 0.4) is 0 Å². The second-order valence-corrected chi connectivity index (χ2v) is 5.82. The first-order chi connectivity index (χ1) is 11.5. The monoisotopic (exact) mass is 328 g/mol. The fourth-order valence-electron chi connectivity index (χ4n) is 2.27.